The van der Waals surface area contributed by atoms with Crippen LogP contribution in [0.1, 0.15) is 115 Å². The van der Waals surface area contributed by atoms with E-state index in [2.05, 4.69) is 27.7 Å². The van der Waals surface area contributed by atoms with Gasteiger partial charge >= 0.3 is 11.9 Å². The molecule has 0 aromatic rings. The van der Waals surface area contributed by atoms with E-state index in [1.54, 1.807) is 14.2 Å². The maximum absolute atomic E-state index is 11.0. The standard InChI is InChI=1S/C16H26O4.C13H22O4.C5H12O2.CH4/c1-10(17)18-7-6-16-12-8-11(14(12,2)3)9-13(16)19-15(4,5)20-16;1-8(14)17-5-4-13(16)10-6-9(7-11(13)15)12(10,2)3;1-5(2,6-3)7-4;/h11-13H,6-9H2,1-5H3;9-11,15-16H,4-7H2,1-3H3;1-4H3;1H4/t11?,12?,13?,16-;9?,10?,11?,13-;;/m11../s1. The molecule has 10 nitrogen and oxygen atoms in total. The van der Waals surface area contributed by atoms with E-state index < -0.39 is 23.3 Å². The number of carbonyl (C=O) groups excluding carboxylic acids is 2. The molecule has 4 bridgehead atoms. The fraction of sp³-hybridized carbons (Fsp3) is 0.943. The van der Waals surface area contributed by atoms with Gasteiger partial charge < -0.3 is 38.6 Å². The second-order valence-corrected chi connectivity index (χ2v) is 15.6. The highest BCUT2D eigenvalue weighted by Crippen LogP contribution is 2.68. The van der Waals surface area contributed by atoms with Crippen LogP contribution in [0.25, 0.3) is 0 Å². The first kappa shape index (κ1) is 39.9. The molecule has 1 aliphatic heterocycles. The lowest BCUT2D eigenvalue weighted by Crippen LogP contribution is -2.67. The van der Waals surface area contributed by atoms with Gasteiger partial charge in [0.2, 0.25) is 0 Å². The highest BCUT2D eigenvalue weighted by molar-refractivity contribution is 5.66. The van der Waals surface area contributed by atoms with E-state index in [4.69, 9.17) is 28.4 Å². The zero-order chi connectivity index (χ0) is 33.5. The average Bonchev–Trinajstić information content (AvgIpc) is 3.19. The Morgan fingerprint density at radius 1 is 0.800 bits per heavy atom. The zero-order valence-corrected chi connectivity index (χ0v) is 29.3. The second kappa shape index (κ2) is 14.0. The maximum Gasteiger partial charge on any atom is 0.302 e. The summed E-state index contributed by atoms with van der Waals surface area (Å²) in [4.78, 5) is 21.8. The third-order valence-electron chi connectivity index (χ3n) is 11.7. The Labute approximate surface area is 272 Å². The first-order valence-electron chi connectivity index (χ1n) is 16.2. The summed E-state index contributed by atoms with van der Waals surface area (Å²) in [5.74, 6) is 0.333. The van der Waals surface area contributed by atoms with Crippen molar-refractivity contribution in [1.29, 1.82) is 0 Å². The predicted octanol–water partition coefficient (Wildman–Crippen LogP) is 5.64. The molecule has 6 aliphatic carbocycles. The summed E-state index contributed by atoms with van der Waals surface area (Å²) in [5, 5.41) is 20.7. The van der Waals surface area contributed by atoms with Crippen molar-refractivity contribution in [3.8, 4) is 0 Å². The topological polar surface area (TPSA) is 130 Å². The van der Waals surface area contributed by atoms with E-state index in [1.165, 1.54) is 20.3 Å². The van der Waals surface area contributed by atoms with Gasteiger partial charge in [0, 0.05) is 40.9 Å². The van der Waals surface area contributed by atoms with Gasteiger partial charge in [0.15, 0.2) is 11.6 Å². The molecule has 1 heterocycles. The molecule has 0 spiro atoms. The molecule has 264 valence electrons. The van der Waals surface area contributed by atoms with Gasteiger partial charge in [-0.25, -0.2) is 0 Å². The lowest BCUT2D eigenvalue weighted by molar-refractivity contribution is -0.258. The van der Waals surface area contributed by atoms with Gasteiger partial charge in [0.05, 0.1) is 31.0 Å². The summed E-state index contributed by atoms with van der Waals surface area (Å²) in [7, 11) is 3.23. The third-order valence-corrected chi connectivity index (χ3v) is 11.7. The molecule has 6 unspecified atom stereocenters. The lowest BCUT2D eigenvalue weighted by Gasteiger charge is -2.65. The third kappa shape index (κ3) is 8.06. The van der Waals surface area contributed by atoms with E-state index in [0.29, 0.717) is 36.7 Å². The minimum Gasteiger partial charge on any atom is -0.466 e. The summed E-state index contributed by atoms with van der Waals surface area (Å²) >= 11 is 0. The van der Waals surface area contributed by atoms with Crippen molar-refractivity contribution in [2.24, 2.45) is 34.5 Å². The number of fused-ring (bicyclic) bond motifs is 2. The molecular formula is C35H64O10. The SMILES string of the molecule is C.CC(=O)OCC[C@]1(O)C(O)CC2CC1C2(C)C.CC(=O)OCC[C@]12OC(C)(C)OC1CC1CC2C1(C)C.COC(C)(C)OC. The Morgan fingerprint density at radius 3 is 1.71 bits per heavy atom. The number of hydrogen-bond acceptors (Lipinski definition) is 10. The molecule has 2 N–H and O–H groups in total. The molecule has 0 aromatic heterocycles. The quantitative estimate of drug-likeness (QED) is 0.253. The van der Waals surface area contributed by atoms with Crippen LogP contribution in [0.4, 0.5) is 0 Å². The van der Waals surface area contributed by atoms with Gasteiger partial charge in [-0.3, -0.25) is 9.59 Å². The Morgan fingerprint density at radius 2 is 1.27 bits per heavy atom. The Balaban J connectivity index is 0.000000258. The first-order valence-corrected chi connectivity index (χ1v) is 16.2. The number of rotatable bonds is 8. The number of hydrogen-bond donors (Lipinski definition) is 2. The molecule has 10 heteroatoms. The zero-order valence-electron chi connectivity index (χ0n) is 29.3. The van der Waals surface area contributed by atoms with Crippen LogP contribution < -0.4 is 0 Å². The van der Waals surface area contributed by atoms with Crippen LogP contribution in [0, 0.1) is 34.5 Å². The fourth-order valence-electron chi connectivity index (χ4n) is 8.53. The van der Waals surface area contributed by atoms with Gasteiger partial charge in [0.25, 0.3) is 0 Å². The molecule has 8 atom stereocenters. The van der Waals surface area contributed by atoms with Crippen LogP contribution in [-0.4, -0.2) is 84.6 Å². The largest absolute Gasteiger partial charge is 0.466 e. The van der Waals surface area contributed by atoms with Crippen LogP contribution in [-0.2, 0) is 38.0 Å². The molecule has 0 amide bonds. The Kier molecular flexibility index (Phi) is 12.4. The summed E-state index contributed by atoms with van der Waals surface area (Å²) in [6.45, 7) is 20.1. The number of carbonyl (C=O) groups is 2. The number of esters is 2. The Hall–Kier alpha value is -1.30. The lowest BCUT2D eigenvalue weighted by atomic mass is 9.43. The van der Waals surface area contributed by atoms with Gasteiger partial charge in [-0.1, -0.05) is 35.1 Å². The highest BCUT2D eigenvalue weighted by atomic mass is 16.8. The van der Waals surface area contributed by atoms with Crippen molar-refractivity contribution in [3.63, 3.8) is 0 Å². The van der Waals surface area contributed by atoms with Crippen molar-refractivity contribution in [1.82, 2.24) is 0 Å². The Bertz CT molecular complexity index is 1020. The van der Waals surface area contributed by atoms with Crippen molar-refractivity contribution in [2.45, 2.75) is 150 Å². The van der Waals surface area contributed by atoms with Crippen LogP contribution in [0.3, 0.4) is 0 Å². The average molecular weight is 645 g/mol. The summed E-state index contributed by atoms with van der Waals surface area (Å²) in [6.07, 6.45) is 4.42. The van der Waals surface area contributed by atoms with Crippen LogP contribution in [0.5, 0.6) is 0 Å². The smallest absolute Gasteiger partial charge is 0.302 e. The first-order chi connectivity index (χ1) is 20.1. The van der Waals surface area contributed by atoms with Crippen LogP contribution >= 0.6 is 0 Å². The fourth-order valence-corrected chi connectivity index (χ4v) is 8.53. The monoisotopic (exact) mass is 644 g/mol. The molecule has 6 saturated carbocycles. The van der Waals surface area contributed by atoms with Crippen LogP contribution in [0.2, 0.25) is 0 Å². The van der Waals surface area contributed by atoms with Crippen molar-refractivity contribution < 1.29 is 48.2 Å². The minimum absolute atomic E-state index is 0. The van der Waals surface area contributed by atoms with Crippen molar-refractivity contribution in [3.05, 3.63) is 0 Å². The van der Waals surface area contributed by atoms with E-state index in [0.717, 1.165) is 25.2 Å². The van der Waals surface area contributed by atoms with Crippen molar-refractivity contribution >= 4 is 11.9 Å². The maximum atomic E-state index is 11.0. The molecule has 45 heavy (non-hydrogen) atoms. The van der Waals surface area contributed by atoms with Gasteiger partial charge in [-0.05, 0) is 87.9 Å². The minimum atomic E-state index is -1.09. The van der Waals surface area contributed by atoms with E-state index in [1.807, 2.05) is 27.7 Å². The normalized spacial score (nSPS) is 37.4. The number of aliphatic hydroxyl groups is 2. The molecule has 0 aromatic carbocycles. The van der Waals surface area contributed by atoms with Gasteiger partial charge in [-0.2, -0.15) is 0 Å². The van der Waals surface area contributed by atoms with Gasteiger partial charge in [-0.15, -0.1) is 0 Å². The molecule has 7 aliphatic rings. The van der Waals surface area contributed by atoms with Crippen molar-refractivity contribution in [2.75, 3.05) is 27.4 Å². The number of aliphatic hydroxyl groups excluding tert-OH is 1. The number of methoxy groups -OCH3 is 2. The molecular weight excluding hydrogens is 580 g/mol. The highest BCUT2D eigenvalue weighted by Gasteiger charge is 2.70. The molecule has 7 rings (SSSR count). The van der Waals surface area contributed by atoms with E-state index in [9.17, 15) is 19.8 Å². The molecule has 7 fully saturated rings. The second-order valence-electron chi connectivity index (χ2n) is 15.6. The van der Waals surface area contributed by atoms with Crippen LogP contribution in [0.15, 0.2) is 0 Å². The molecule has 0 radical (unpaired) electrons. The molecule has 1 saturated heterocycles. The summed E-state index contributed by atoms with van der Waals surface area (Å²) in [5.41, 5.74) is -0.981. The summed E-state index contributed by atoms with van der Waals surface area (Å²) < 4.78 is 32.3. The summed E-state index contributed by atoms with van der Waals surface area (Å²) in [6, 6.07) is 0. The van der Waals surface area contributed by atoms with Gasteiger partial charge in [0.1, 0.15) is 5.60 Å². The number of ether oxygens (including phenoxy) is 6. The van der Waals surface area contributed by atoms with E-state index in [-0.39, 0.29) is 49.0 Å². The predicted molar refractivity (Wildman–Crippen MR) is 171 cm³/mol. The van der Waals surface area contributed by atoms with E-state index >= 15 is 0 Å².